The Labute approximate surface area is 110 Å². The van der Waals surface area contributed by atoms with Gasteiger partial charge >= 0.3 is 0 Å². The van der Waals surface area contributed by atoms with Crippen LogP contribution in [0.15, 0.2) is 59.8 Å². The van der Waals surface area contributed by atoms with E-state index < -0.39 is 0 Å². The van der Waals surface area contributed by atoms with Gasteiger partial charge in [0.2, 0.25) is 0 Å². The molecule has 0 spiro atoms. The molecule has 1 aliphatic rings. The Hall–Kier alpha value is -1.63. The molecule has 0 unspecified atom stereocenters. The molecule has 0 aliphatic heterocycles. The highest BCUT2D eigenvalue weighted by Crippen LogP contribution is 2.33. The van der Waals surface area contributed by atoms with E-state index in [2.05, 4.69) is 33.9 Å². The number of allylic oxidation sites excluding steroid dienone is 8. The zero-order valence-corrected chi connectivity index (χ0v) is 11.8. The lowest BCUT2D eigenvalue weighted by molar-refractivity contribution is -0.114. The molecule has 1 heteroatoms. The molecule has 0 saturated heterocycles. The molecular formula is C17H22O. The van der Waals surface area contributed by atoms with Gasteiger partial charge in [-0.05, 0) is 35.1 Å². The van der Waals surface area contributed by atoms with E-state index in [0.29, 0.717) is 6.42 Å². The fraction of sp³-hybridized carbons (Fsp3) is 0.353. The minimum atomic E-state index is 0.000213. The molecule has 0 saturated carbocycles. The molecule has 0 atom stereocenters. The lowest BCUT2D eigenvalue weighted by Gasteiger charge is -2.20. The summed E-state index contributed by atoms with van der Waals surface area (Å²) in [5.74, 6) is 0.184. The van der Waals surface area contributed by atoms with Crippen molar-refractivity contribution in [1.29, 1.82) is 0 Å². The topological polar surface area (TPSA) is 17.1 Å². The Bertz CT molecular complexity index is 476. The van der Waals surface area contributed by atoms with Crippen LogP contribution in [0.25, 0.3) is 0 Å². The highest BCUT2D eigenvalue weighted by atomic mass is 16.1. The average Bonchev–Trinajstić information content (AvgIpc) is 2.51. The van der Waals surface area contributed by atoms with E-state index in [9.17, 15) is 4.79 Å². The van der Waals surface area contributed by atoms with Crippen LogP contribution in [0, 0.1) is 5.41 Å². The third-order valence-corrected chi connectivity index (χ3v) is 3.24. The SMILES string of the molecule is C=C/C=C1\CC(=O)C(/C=C(\C=C)C(C)(C)C)=C1C. The highest BCUT2D eigenvalue weighted by molar-refractivity contribution is 6.05. The van der Waals surface area contributed by atoms with Gasteiger partial charge < -0.3 is 0 Å². The maximum atomic E-state index is 12.0. The average molecular weight is 242 g/mol. The summed E-state index contributed by atoms with van der Waals surface area (Å²) in [5.41, 5.74) is 4.03. The Morgan fingerprint density at radius 2 is 1.89 bits per heavy atom. The molecule has 0 fully saturated rings. The zero-order chi connectivity index (χ0) is 13.9. The van der Waals surface area contributed by atoms with Gasteiger partial charge in [-0.1, -0.05) is 52.2 Å². The lowest BCUT2D eigenvalue weighted by Crippen LogP contribution is -2.08. The van der Waals surface area contributed by atoms with Gasteiger partial charge in [-0.3, -0.25) is 4.79 Å². The fourth-order valence-electron chi connectivity index (χ4n) is 2.03. The van der Waals surface area contributed by atoms with E-state index in [1.165, 1.54) is 0 Å². The van der Waals surface area contributed by atoms with Gasteiger partial charge in [-0.15, -0.1) is 0 Å². The molecule has 0 aromatic carbocycles. The molecule has 96 valence electrons. The normalized spacial score (nSPS) is 19.7. The summed E-state index contributed by atoms with van der Waals surface area (Å²) in [5, 5.41) is 0. The number of carbonyl (C=O) groups is 1. The van der Waals surface area contributed by atoms with Gasteiger partial charge in [0.25, 0.3) is 0 Å². The van der Waals surface area contributed by atoms with E-state index in [-0.39, 0.29) is 11.2 Å². The largest absolute Gasteiger partial charge is 0.294 e. The zero-order valence-electron chi connectivity index (χ0n) is 11.8. The summed E-state index contributed by atoms with van der Waals surface area (Å²) in [4.78, 5) is 12.0. The van der Waals surface area contributed by atoms with Gasteiger partial charge in [-0.25, -0.2) is 0 Å². The molecule has 0 aromatic heterocycles. The first-order valence-corrected chi connectivity index (χ1v) is 6.22. The van der Waals surface area contributed by atoms with Crippen molar-refractivity contribution in [3.8, 4) is 0 Å². The van der Waals surface area contributed by atoms with Crippen molar-refractivity contribution in [1.82, 2.24) is 0 Å². The van der Waals surface area contributed by atoms with Crippen LogP contribution in [-0.4, -0.2) is 5.78 Å². The monoisotopic (exact) mass is 242 g/mol. The molecule has 0 bridgehead atoms. The number of hydrogen-bond acceptors (Lipinski definition) is 1. The summed E-state index contributed by atoms with van der Waals surface area (Å²) in [6, 6.07) is 0. The Morgan fingerprint density at radius 3 is 2.33 bits per heavy atom. The first-order valence-electron chi connectivity index (χ1n) is 6.22. The summed E-state index contributed by atoms with van der Waals surface area (Å²) in [6.07, 6.45) is 7.95. The Kier molecular flexibility index (Phi) is 4.28. The first-order chi connectivity index (χ1) is 8.31. The minimum Gasteiger partial charge on any atom is -0.294 e. The van der Waals surface area contributed by atoms with E-state index in [1.807, 2.05) is 25.2 Å². The van der Waals surface area contributed by atoms with Crippen molar-refractivity contribution < 1.29 is 4.79 Å². The summed E-state index contributed by atoms with van der Waals surface area (Å²) >= 11 is 0. The molecule has 18 heavy (non-hydrogen) atoms. The van der Waals surface area contributed by atoms with Crippen LogP contribution in [0.2, 0.25) is 0 Å². The predicted molar refractivity (Wildman–Crippen MR) is 78.3 cm³/mol. The Morgan fingerprint density at radius 1 is 1.28 bits per heavy atom. The third kappa shape index (κ3) is 2.98. The van der Waals surface area contributed by atoms with Crippen molar-refractivity contribution in [2.75, 3.05) is 0 Å². The summed E-state index contributed by atoms with van der Waals surface area (Å²) in [7, 11) is 0. The van der Waals surface area contributed by atoms with Crippen LogP contribution in [0.3, 0.4) is 0 Å². The lowest BCUT2D eigenvalue weighted by atomic mass is 9.85. The number of ketones is 1. The second kappa shape index (κ2) is 5.34. The number of carbonyl (C=O) groups excluding carboxylic acids is 1. The third-order valence-electron chi connectivity index (χ3n) is 3.24. The molecule has 1 nitrogen and oxygen atoms in total. The van der Waals surface area contributed by atoms with Gasteiger partial charge in [0.05, 0.1) is 0 Å². The molecule has 1 rings (SSSR count). The molecular weight excluding hydrogens is 220 g/mol. The quantitative estimate of drug-likeness (QED) is 0.664. The molecule has 1 aliphatic carbocycles. The highest BCUT2D eigenvalue weighted by Gasteiger charge is 2.24. The van der Waals surface area contributed by atoms with Crippen LogP contribution in [0.1, 0.15) is 34.1 Å². The second-order valence-corrected chi connectivity index (χ2v) is 5.62. The van der Waals surface area contributed by atoms with E-state index >= 15 is 0 Å². The molecule has 0 amide bonds. The maximum Gasteiger partial charge on any atom is 0.167 e. The van der Waals surface area contributed by atoms with Crippen molar-refractivity contribution in [3.63, 3.8) is 0 Å². The van der Waals surface area contributed by atoms with Gasteiger partial charge in [0.15, 0.2) is 5.78 Å². The van der Waals surface area contributed by atoms with Crippen molar-refractivity contribution in [3.05, 3.63) is 59.8 Å². The van der Waals surface area contributed by atoms with Crippen LogP contribution in [0.5, 0.6) is 0 Å². The fourth-order valence-corrected chi connectivity index (χ4v) is 2.03. The van der Waals surface area contributed by atoms with Crippen LogP contribution in [-0.2, 0) is 4.79 Å². The minimum absolute atomic E-state index is 0.000213. The van der Waals surface area contributed by atoms with Gasteiger partial charge in [0.1, 0.15) is 0 Å². The van der Waals surface area contributed by atoms with Crippen molar-refractivity contribution >= 4 is 5.78 Å². The van der Waals surface area contributed by atoms with Crippen molar-refractivity contribution in [2.24, 2.45) is 5.41 Å². The first kappa shape index (κ1) is 14.4. The van der Waals surface area contributed by atoms with E-state index in [0.717, 1.165) is 22.3 Å². The predicted octanol–water partition coefficient (Wildman–Crippen LogP) is 4.55. The van der Waals surface area contributed by atoms with E-state index in [4.69, 9.17) is 0 Å². The maximum absolute atomic E-state index is 12.0. The molecule has 0 heterocycles. The van der Waals surface area contributed by atoms with Crippen LogP contribution in [0.4, 0.5) is 0 Å². The number of Topliss-reactive ketones (excluding diaryl/α,β-unsaturated/α-hetero) is 1. The Balaban J connectivity index is 3.28. The van der Waals surface area contributed by atoms with Gasteiger partial charge in [-0.2, -0.15) is 0 Å². The van der Waals surface area contributed by atoms with Crippen molar-refractivity contribution in [2.45, 2.75) is 34.1 Å². The second-order valence-electron chi connectivity index (χ2n) is 5.62. The standard InChI is InChI=1S/C17H22O/c1-7-9-13-10-16(18)15(12(13)3)11-14(8-2)17(4,5)6/h7-9,11H,1-2,10H2,3-6H3/b13-9+,14-11+. The molecule has 0 radical (unpaired) electrons. The molecule has 0 N–H and O–H groups in total. The van der Waals surface area contributed by atoms with E-state index in [1.54, 1.807) is 6.08 Å². The number of hydrogen-bond donors (Lipinski definition) is 0. The number of rotatable bonds is 3. The van der Waals surface area contributed by atoms with Crippen LogP contribution >= 0.6 is 0 Å². The molecule has 0 aromatic rings. The smallest absolute Gasteiger partial charge is 0.167 e. The van der Waals surface area contributed by atoms with Gasteiger partial charge in [0, 0.05) is 12.0 Å². The van der Waals surface area contributed by atoms with Crippen LogP contribution < -0.4 is 0 Å². The summed E-state index contributed by atoms with van der Waals surface area (Å²) in [6.45, 7) is 15.9. The summed E-state index contributed by atoms with van der Waals surface area (Å²) < 4.78 is 0.